The normalized spacial score (nSPS) is 18.2. The SMILES string of the molecule is C/C=C/Cc1nnc(C(=O)N2CCOC(c3ccc(F)cc3)C2)o1. The van der Waals surface area contributed by atoms with Gasteiger partial charge in [-0.1, -0.05) is 24.3 Å². The van der Waals surface area contributed by atoms with Crippen LogP contribution in [0, 0.1) is 5.82 Å². The van der Waals surface area contributed by atoms with Gasteiger partial charge in [0.05, 0.1) is 13.2 Å². The Kier molecular flexibility index (Phi) is 5.00. The van der Waals surface area contributed by atoms with Crippen LogP contribution in [0.4, 0.5) is 4.39 Å². The van der Waals surface area contributed by atoms with Crippen LogP contribution in [0.1, 0.15) is 35.2 Å². The third-order valence-electron chi connectivity index (χ3n) is 3.77. The number of aromatic nitrogens is 2. The molecule has 1 aliphatic rings. The molecular weight excluding hydrogens is 313 g/mol. The number of carbonyl (C=O) groups excluding carboxylic acids is 1. The second-order valence-corrected chi connectivity index (χ2v) is 5.44. The number of carbonyl (C=O) groups is 1. The molecule has 0 N–H and O–H groups in total. The van der Waals surface area contributed by atoms with Crippen LogP contribution in [0.3, 0.4) is 0 Å². The summed E-state index contributed by atoms with van der Waals surface area (Å²) in [5.74, 6) is -0.235. The molecule has 0 saturated carbocycles. The number of rotatable bonds is 4. The smallest absolute Gasteiger partial charge is 0.311 e. The molecular formula is C17H18FN3O3. The Morgan fingerprint density at radius 3 is 2.92 bits per heavy atom. The Morgan fingerprint density at radius 1 is 1.38 bits per heavy atom. The maximum atomic E-state index is 13.0. The van der Waals surface area contributed by atoms with E-state index >= 15 is 0 Å². The zero-order chi connectivity index (χ0) is 16.9. The molecule has 2 aromatic rings. The predicted molar refractivity (Wildman–Crippen MR) is 83.8 cm³/mol. The molecule has 1 fully saturated rings. The van der Waals surface area contributed by atoms with Gasteiger partial charge in [-0.3, -0.25) is 4.79 Å². The number of benzene rings is 1. The summed E-state index contributed by atoms with van der Waals surface area (Å²) in [5.41, 5.74) is 0.827. The second kappa shape index (κ2) is 7.35. The van der Waals surface area contributed by atoms with E-state index in [-0.39, 0.29) is 23.7 Å². The molecule has 1 atom stereocenters. The highest BCUT2D eigenvalue weighted by Crippen LogP contribution is 2.23. The third-order valence-corrected chi connectivity index (χ3v) is 3.77. The monoisotopic (exact) mass is 331 g/mol. The Balaban J connectivity index is 1.68. The summed E-state index contributed by atoms with van der Waals surface area (Å²) in [6.07, 6.45) is 3.95. The lowest BCUT2D eigenvalue weighted by Gasteiger charge is -2.32. The minimum Gasteiger partial charge on any atom is -0.417 e. The van der Waals surface area contributed by atoms with Gasteiger partial charge in [-0.05, 0) is 24.6 Å². The summed E-state index contributed by atoms with van der Waals surface area (Å²) in [4.78, 5) is 14.1. The van der Waals surface area contributed by atoms with Crippen molar-refractivity contribution < 1.29 is 18.3 Å². The van der Waals surface area contributed by atoms with Gasteiger partial charge in [0.1, 0.15) is 11.9 Å². The number of morpholine rings is 1. The Labute approximate surface area is 138 Å². The summed E-state index contributed by atoms with van der Waals surface area (Å²) < 4.78 is 24.1. The van der Waals surface area contributed by atoms with Crippen LogP contribution in [0.25, 0.3) is 0 Å². The van der Waals surface area contributed by atoms with Gasteiger partial charge in [-0.25, -0.2) is 4.39 Å². The van der Waals surface area contributed by atoms with E-state index in [9.17, 15) is 9.18 Å². The van der Waals surface area contributed by atoms with Crippen LogP contribution in [0.2, 0.25) is 0 Å². The molecule has 0 aliphatic carbocycles. The van der Waals surface area contributed by atoms with Crippen molar-refractivity contribution in [3.8, 4) is 0 Å². The first-order valence-corrected chi connectivity index (χ1v) is 7.77. The van der Waals surface area contributed by atoms with Crippen molar-refractivity contribution in [1.29, 1.82) is 0 Å². The van der Waals surface area contributed by atoms with Gasteiger partial charge in [-0.2, -0.15) is 0 Å². The molecule has 1 amide bonds. The van der Waals surface area contributed by atoms with E-state index in [2.05, 4.69) is 10.2 Å². The Bertz CT molecular complexity index is 727. The van der Waals surface area contributed by atoms with E-state index in [1.165, 1.54) is 12.1 Å². The fraction of sp³-hybridized carbons (Fsp3) is 0.353. The van der Waals surface area contributed by atoms with E-state index in [1.54, 1.807) is 17.0 Å². The largest absolute Gasteiger partial charge is 0.417 e. The van der Waals surface area contributed by atoms with Crippen LogP contribution in [-0.4, -0.2) is 40.7 Å². The van der Waals surface area contributed by atoms with E-state index in [0.29, 0.717) is 32.0 Å². The maximum absolute atomic E-state index is 13.0. The molecule has 1 aliphatic heterocycles. The van der Waals surface area contributed by atoms with E-state index < -0.39 is 0 Å². The molecule has 24 heavy (non-hydrogen) atoms. The number of nitrogens with zero attached hydrogens (tertiary/aromatic N) is 3. The summed E-state index contributed by atoms with van der Waals surface area (Å²) in [6.45, 7) is 3.10. The lowest BCUT2D eigenvalue weighted by Crippen LogP contribution is -2.42. The van der Waals surface area contributed by atoms with E-state index in [4.69, 9.17) is 9.15 Å². The van der Waals surface area contributed by atoms with Crippen molar-refractivity contribution >= 4 is 5.91 Å². The molecule has 3 rings (SSSR count). The second-order valence-electron chi connectivity index (χ2n) is 5.44. The van der Waals surface area contributed by atoms with Crippen LogP contribution in [-0.2, 0) is 11.2 Å². The lowest BCUT2D eigenvalue weighted by atomic mass is 10.1. The highest BCUT2D eigenvalue weighted by Gasteiger charge is 2.29. The molecule has 2 heterocycles. The first-order valence-electron chi connectivity index (χ1n) is 7.77. The number of hydrogen-bond donors (Lipinski definition) is 0. The molecule has 1 aromatic carbocycles. The molecule has 1 aromatic heterocycles. The number of ether oxygens (including phenoxy) is 1. The predicted octanol–water partition coefficient (Wildman–Crippen LogP) is 2.54. The topological polar surface area (TPSA) is 68.5 Å². The van der Waals surface area contributed by atoms with E-state index in [1.807, 2.05) is 19.1 Å². The third kappa shape index (κ3) is 3.68. The zero-order valence-corrected chi connectivity index (χ0v) is 13.3. The number of allylic oxidation sites excluding steroid dienone is 2. The first-order chi connectivity index (χ1) is 11.7. The van der Waals surface area contributed by atoms with Gasteiger partial charge < -0.3 is 14.1 Å². The average molecular weight is 331 g/mol. The number of amides is 1. The molecule has 0 radical (unpaired) electrons. The van der Waals surface area contributed by atoms with Crippen molar-refractivity contribution in [3.63, 3.8) is 0 Å². The van der Waals surface area contributed by atoms with Crippen LogP contribution < -0.4 is 0 Å². The average Bonchev–Trinajstić information content (AvgIpc) is 3.09. The van der Waals surface area contributed by atoms with Crippen molar-refractivity contribution in [2.45, 2.75) is 19.4 Å². The number of halogens is 1. The molecule has 7 heteroatoms. The van der Waals surface area contributed by atoms with Gasteiger partial charge >= 0.3 is 11.8 Å². The van der Waals surface area contributed by atoms with Gasteiger partial charge in [0.2, 0.25) is 5.89 Å². The number of hydrogen-bond acceptors (Lipinski definition) is 5. The van der Waals surface area contributed by atoms with Gasteiger partial charge in [0.15, 0.2) is 0 Å². The fourth-order valence-electron chi connectivity index (χ4n) is 2.49. The van der Waals surface area contributed by atoms with Crippen LogP contribution >= 0.6 is 0 Å². The van der Waals surface area contributed by atoms with Crippen LogP contribution in [0.5, 0.6) is 0 Å². The fourth-order valence-corrected chi connectivity index (χ4v) is 2.49. The highest BCUT2D eigenvalue weighted by atomic mass is 19.1. The molecule has 1 saturated heterocycles. The highest BCUT2D eigenvalue weighted by molar-refractivity contribution is 5.89. The molecule has 0 spiro atoms. The summed E-state index contributed by atoms with van der Waals surface area (Å²) in [6, 6.07) is 6.09. The summed E-state index contributed by atoms with van der Waals surface area (Å²) >= 11 is 0. The van der Waals surface area contributed by atoms with Crippen molar-refractivity contribution in [2.24, 2.45) is 0 Å². The maximum Gasteiger partial charge on any atom is 0.311 e. The summed E-state index contributed by atoms with van der Waals surface area (Å²) in [7, 11) is 0. The summed E-state index contributed by atoms with van der Waals surface area (Å²) in [5, 5.41) is 7.69. The Morgan fingerprint density at radius 2 is 2.17 bits per heavy atom. The Hall–Kier alpha value is -2.54. The zero-order valence-electron chi connectivity index (χ0n) is 13.3. The first kappa shape index (κ1) is 16.3. The van der Waals surface area contributed by atoms with Crippen LogP contribution in [0.15, 0.2) is 40.8 Å². The molecule has 1 unspecified atom stereocenters. The van der Waals surface area contributed by atoms with Crippen molar-refractivity contribution in [2.75, 3.05) is 19.7 Å². The minimum atomic E-state index is -0.315. The van der Waals surface area contributed by atoms with E-state index in [0.717, 1.165) is 5.56 Å². The van der Waals surface area contributed by atoms with Gasteiger partial charge in [-0.15, -0.1) is 10.2 Å². The van der Waals surface area contributed by atoms with Crippen molar-refractivity contribution in [1.82, 2.24) is 15.1 Å². The molecule has 0 bridgehead atoms. The minimum absolute atomic E-state index is 0.0192. The molecule has 6 nitrogen and oxygen atoms in total. The van der Waals surface area contributed by atoms with Crippen molar-refractivity contribution in [3.05, 3.63) is 59.6 Å². The van der Waals surface area contributed by atoms with Gasteiger partial charge in [0, 0.05) is 13.0 Å². The lowest BCUT2D eigenvalue weighted by molar-refractivity contribution is -0.0240. The quantitative estimate of drug-likeness (QED) is 0.805. The molecule has 126 valence electrons. The standard InChI is InChI=1S/C17H18FN3O3/c1-2-3-4-15-19-20-16(24-15)17(22)21-9-10-23-14(11-21)12-5-7-13(18)8-6-12/h2-3,5-8,14H,4,9-11H2,1H3/b3-2+. The van der Waals surface area contributed by atoms with Gasteiger partial charge in [0.25, 0.3) is 0 Å².